The third kappa shape index (κ3) is 2.02. The molecule has 16 heavy (non-hydrogen) atoms. The standard InChI is InChI=1S/C12H15NO3/c14-8-12(6-1-7-12)13-10-4-2-9(3-5-10)11(15)16/h2-5,13-14H,1,6-8H2,(H,15,16). The van der Waals surface area contributed by atoms with E-state index >= 15 is 0 Å². The molecule has 0 amide bonds. The van der Waals surface area contributed by atoms with Gasteiger partial charge in [-0.05, 0) is 43.5 Å². The summed E-state index contributed by atoms with van der Waals surface area (Å²) in [6.45, 7) is 0.119. The molecule has 2 rings (SSSR count). The summed E-state index contributed by atoms with van der Waals surface area (Å²) < 4.78 is 0. The second-order valence-electron chi connectivity index (χ2n) is 4.30. The lowest BCUT2D eigenvalue weighted by molar-refractivity contribution is 0.0697. The van der Waals surface area contributed by atoms with Gasteiger partial charge in [-0.1, -0.05) is 0 Å². The van der Waals surface area contributed by atoms with Gasteiger partial charge < -0.3 is 15.5 Å². The number of rotatable bonds is 4. The Bertz CT molecular complexity index is 376. The third-order valence-corrected chi connectivity index (χ3v) is 3.15. The van der Waals surface area contributed by atoms with Crippen LogP contribution in [0.1, 0.15) is 29.6 Å². The zero-order valence-corrected chi connectivity index (χ0v) is 8.94. The fourth-order valence-electron chi connectivity index (χ4n) is 1.93. The Hall–Kier alpha value is -1.55. The number of carboxylic acids is 1. The van der Waals surface area contributed by atoms with Crippen molar-refractivity contribution in [2.75, 3.05) is 11.9 Å². The van der Waals surface area contributed by atoms with Crippen molar-refractivity contribution in [3.8, 4) is 0 Å². The molecule has 4 heteroatoms. The molecule has 0 heterocycles. The molecule has 4 nitrogen and oxygen atoms in total. The lowest BCUT2D eigenvalue weighted by Crippen LogP contribution is -2.48. The van der Waals surface area contributed by atoms with Gasteiger partial charge in [0.2, 0.25) is 0 Å². The van der Waals surface area contributed by atoms with Crippen molar-refractivity contribution in [2.24, 2.45) is 0 Å². The van der Waals surface area contributed by atoms with Gasteiger partial charge in [0.05, 0.1) is 17.7 Å². The van der Waals surface area contributed by atoms with Crippen molar-refractivity contribution in [3.63, 3.8) is 0 Å². The predicted molar refractivity (Wildman–Crippen MR) is 60.7 cm³/mol. The highest BCUT2D eigenvalue weighted by Gasteiger charge is 2.35. The summed E-state index contributed by atoms with van der Waals surface area (Å²) in [7, 11) is 0. The molecule has 1 aliphatic rings. The molecule has 1 aliphatic carbocycles. The van der Waals surface area contributed by atoms with Gasteiger partial charge in [-0.25, -0.2) is 4.79 Å². The fraction of sp³-hybridized carbons (Fsp3) is 0.417. The predicted octanol–water partition coefficient (Wildman–Crippen LogP) is 1.71. The van der Waals surface area contributed by atoms with E-state index < -0.39 is 5.97 Å². The van der Waals surface area contributed by atoms with E-state index in [9.17, 15) is 9.90 Å². The summed E-state index contributed by atoms with van der Waals surface area (Å²) >= 11 is 0. The Morgan fingerprint density at radius 1 is 1.31 bits per heavy atom. The Kier molecular flexibility index (Phi) is 2.83. The van der Waals surface area contributed by atoms with Crippen LogP contribution < -0.4 is 5.32 Å². The molecule has 1 aromatic rings. The molecule has 0 aliphatic heterocycles. The normalized spacial score (nSPS) is 17.6. The number of aromatic carboxylic acids is 1. The average Bonchev–Trinajstić information content (AvgIpc) is 2.24. The van der Waals surface area contributed by atoms with Crippen LogP contribution in [0.2, 0.25) is 0 Å². The van der Waals surface area contributed by atoms with Crippen LogP contribution in [0.5, 0.6) is 0 Å². The van der Waals surface area contributed by atoms with Gasteiger partial charge >= 0.3 is 5.97 Å². The number of hydrogen-bond donors (Lipinski definition) is 3. The fourth-order valence-corrected chi connectivity index (χ4v) is 1.93. The molecule has 0 spiro atoms. The van der Waals surface area contributed by atoms with Crippen molar-refractivity contribution < 1.29 is 15.0 Å². The summed E-state index contributed by atoms with van der Waals surface area (Å²) in [5.41, 5.74) is 0.945. The third-order valence-electron chi connectivity index (χ3n) is 3.15. The molecular formula is C12H15NO3. The molecule has 0 unspecified atom stereocenters. The summed E-state index contributed by atoms with van der Waals surface area (Å²) in [6, 6.07) is 6.60. The largest absolute Gasteiger partial charge is 0.478 e. The number of benzene rings is 1. The molecule has 0 radical (unpaired) electrons. The van der Waals surface area contributed by atoms with Gasteiger partial charge in [-0.3, -0.25) is 0 Å². The van der Waals surface area contributed by atoms with Gasteiger partial charge in [0.1, 0.15) is 0 Å². The molecule has 3 N–H and O–H groups in total. The van der Waals surface area contributed by atoms with E-state index in [-0.39, 0.29) is 17.7 Å². The van der Waals surface area contributed by atoms with Crippen LogP contribution in [-0.4, -0.2) is 28.3 Å². The maximum absolute atomic E-state index is 10.7. The summed E-state index contributed by atoms with van der Waals surface area (Å²) in [6.07, 6.45) is 3.05. The molecule has 0 bridgehead atoms. The monoisotopic (exact) mass is 221 g/mol. The Morgan fingerprint density at radius 3 is 2.31 bits per heavy atom. The first kappa shape index (κ1) is 11.0. The topological polar surface area (TPSA) is 69.6 Å². The molecular weight excluding hydrogens is 206 g/mol. The highest BCUT2D eigenvalue weighted by molar-refractivity contribution is 5.88. The highest BCUT2D eigenvalue weighted by Crippen LogP contribution is 2.34. The zero-order valence-electron chi connectivity index (χ0n) is 8.94. The second kappa shape index (κ2) is 4.14. The maximum atomic E-state index is 10.7. The lowest BCUT2D eigenvalue weighted by atomic mass is 9.77. The van der Waals surface area contributed by atoms with Crippen LogP contribution in [-0.2, 0) is 0 Å². The highest BCUT2D eigenvalue weighted by atomic mass is 16.4. The van der Waals surface area contributed by atoms with Gasteiger partial charge in [0.25, 0.3) is 0 Å². The summed E-state index contributed by atoms with van der Waals surface area (Å²) in [4.78, 5) is 10.7. The first-order chi connectivity index (χ1) is 7.65. The van der Waals surface area contributed by atoms with E-state index in [1.807, 2.05) is 0 Å². The Labute approximate surface area is 93.9 Å². The van der Waals surface area contributed by atoms with Crippen molar-refractivity contribution in [1.82, 2.24) is 0 Å². The second-order valence-corrected chi connectivity index (χ2v) is 4.30. The van der Waals surface area contributed by atoms with Crippen LogP contribution in [0.25, 0.3) is 0 Å². The zero-order chi connectivity index (χ0) is 11.6. The van der Waals surface area contributed by atoms with E-state index in [0.29, 0.717) is 0 Å². The summed E-state index contributed by atoms with van der Waals surface area (Å²) in [5.74, 6) is -0.924. The molecule has 1 aromatic carbocycles. The molecule has 0 saturated heterocycles. The molecule has 1 saturated carbocycles. The van der Waals surface area contributed by atoms with Crippen LogP contribution in [0.4, 0.5) is 5.69 Å². The minimum atomic E-state index is -0.924. The first-order valence-corrected chi connectivity index (χ1v) is 5.38. The summed E-state index contributed by atoms with van der Waals surface area (Å²) in [5, 5.41) is 21.3. The Morgan fingerprint density at radius 2 is 1.94 bits per heavy atom. The lowest BCUT2D eigenvalue weighted by Gasteiger charge is -2.41. The van der Waals surface area contributed by atoms with Gasteiger partial charge in [-0.2, -0.15) is 0 Å². The van der Waals surface area contributed by atoms with Crippen molar-refractivity contribution in [3.05, 3.63) is 29.8 Å². The minimum absolute atomic E-state index is 0.119. The molecule has 0 atom stereocenters. The number of carbonyl (C=O) groups is 1. The van der Waals surface area contributed by atoms with Crippen LogP contribution in [0.15, 0.2) is 24.3 Å². The van der Waals surface area contributed by atoms with E-state index in [1.165, 1.54) is 0 Å². The SMILES string of the molecule is O=C(O)c1ccc(NC2(CO)CCC2)cc1. The first-order valence-electron chi connectivity index (χ1n) is 5.38. The average molecular weight is 221 g/mol. The van der Waals surface area contributed by atoms with E-state index in [0.717, 1.165) is 24.9 Å². The van der Waals surface area contributed by atoms with Crippen molar-refractivity contribution in [2.45, 2.75) is 24.8 Å². The number of aliphatic hydroxyl groups excluding tert-OH is 1. The van der Waals surface area contributed by atoms with Crippen LogP contribution >= 0.6 is 0 Å². The van der Waals surface area contributed by atoms with Crippen molar-refractivity contribution in [1.29, 1.82) is 0 Å². The number of aliphatic hydroxyl groups is 1. The minimum Gasteiger partial charge on any atom is -0.478 e. The number of anilines is 1. The van der Waals surface area contributed by atoms with Gasteiger partial charge in [0.15, 0.2) is 0 Å². The number of nitrogens with one attached hydrogen (secondary N) is 1. The van der Waals surface area contributed by atoms with E-state index in [4.69, 9.17) is 5.11 Å². The van der Waals surface area contributed by atoms with Gasteiger partial charge in [0, 0.05) is 5.69 Å². The molecule has 86 valence electrons. The Balaban J connectivity index is 2.07. The van der Waals surface area contributed by atoms with E-state index in [1.54, 1.807) is 24.3 Å². The smallest absolute Gasteiger partial charge is 0.335 e. The molecule has 0 aromatic heterocycles. The van der Waals surface area contributed by atoms with Crippen LogP contribution in [0.3, 0.4) is 0 Å². The maximum Gasteiger partial charge on any atom is 0.335 e. The molecule has 1 fully saturated rings. The number of hydrogen-bond acceptors (Lipinski definition) is 3. The van der Waals surface area contributed by atoms with Crippen molar-refractivity contribution >= 4 is 11.7 Å². The number of carboxylic acid groups (broad SMARTS) is 1. The van der Waals surface area contributed by atoms with Crippen LogP contribution in [0, 0.1) is 0 Å². The van der Waals surface area contributed by atoms with Gasteiger partial charge in [-0.15, -0.1) is 0 Å². The van der Waals surface area contributed by atoms with E-state index in [2.05, 4.69) is 5.32 Å². The quantitative estimate of drug-likeness (QED) is 0.724.